The number of nitrogens with zero attached hydrogens (tertiary/aromatic N) is 2. The van der Waals surface area contributed by atoms with Crippen molar-refractivity contribution in [3.63, 3.8) is 0 Å². The number of hydrogen-bond acceptors (Lipinski definition) is 4. The van der Waals surface area contributed by atoms with E-state index in [1.165, 1.54) is 17.1 Å². The van der Waals surface area contributed by atoms with Crippen LogP contribution in [0.3, 0.4) is 0 Å². The van der Waals surface area contributed by atoms with E-state index in [0.717, 1.165) is 0 Å². The van der Waals surface area contributed by atoms with Crippen LogP contribution in [0.5, 0.6) is 0 Å². The number of rotatable bonds is 5. The fourth-order valence-electron chi connectivity index (χ4n) is 1.48. The zero-order valence-electron chi connectivity index (χ0n) is 10.1. The molecule has 20 heavy (non-hydrogen) atoms. The molecule has 1 aromatic heterocycles. The van der Waals surface area contributed by atoms with Crippen molar-refractivity contribution < 1.29 is 13.5 Å². The Balaban J connectivity index is 2.26. The Morgan fingerprint density at radius 2 is 2.20 bits per heavy atom. The molecule has 0 aliphatic carbocycles. The molecule has 0 bridgehead atoms. The van der Waals surface area contributed by atoms with Gasteiger partial charge in [-0.3, -0.25) is 9.40 Å². The molecule has 0 amide bonds. The van der Waals surface area contributed by atoms with Gasteiger partial charge in [-0.15, -0.1) is 0 Å². The second-order valence-electron chi connectivity index (χ2n) is 3.89. The van der Waals surface area contributed by atoms with E-state index >= 15 is 0 Å². The lowest BCUT2D eigenvalue weighted by atomic mass is 10.3. The molecular weight excluding hydrogens is 370 g/mol. The number of nitrogens with one attached hydrogen (secondary N) is 1. The maximum absolute atomic E-state index is 12.2. The Hall–Kier alpha value is -1.09. The van der Waals surface area contributed by atoms with Gasteiger partial charge in [0.2, 0.25) is 0 Å². The summed E-state index contributed by atoms with van der Waals surface area (Å²) in [6, 6.07) is 4.73. The number of halogens is 2. The summed E-state index contributed by atoms with van der Waals surface area (Å²) < 4.78 is 28.7. The van der Waals surface area contributed by atoms with Crippen LogP contribution in [0.25, 0.3) is 0 Å². The third kappa shape index (κ3) is 3.51. The van der Waals surface area contributed by atoms with Crippen LogP contribution in [0.2, 0.25) is 5.02 Å². The largest absolute Gasteiger partial charge is 0.394 e. The van der Waals surface area contributed by atoms with E-state index in [9.17, 15) is 8.42 Å². The summed E-state index contributed by atoms with van der Waals surface area (Å²) in [6.07, 6.45) is 2.57. The molecule has 108 valence electrons. The molecule has 0 aliphatic heterocycles. The van der Waals surface area contributed by atoms with Crippen LogP contribution in [0.1, 0.15) is 0 Å². The van der Waals surface area contributed by atoms with Gasteiger partial charge in [0.15, 0.2) is 0 Å². The fraction of sp³-hybridized carbons (Fsp3) is 0.182. The second kappa shape index (κ2) is 6.13. The number of aromatic nitrogens is 2. The smallest absolute Gasteiger partial charge is 0.265 e. The molecule has 6 nitrogen and oxygen atoms in total. The summed E-state index contributed by atoms with van der Waals surface area (Å²) in [4.78, 5) is 0.0211. The van der Waals surface area contributed by atoms with Crippen molar-refractivity contribution in [3.05, 3.63) is 40.1 Å². The molecule has 0 unspecified atom stereocenters. The van der Waals surface area contributed by atoms with E-state index in [-0.39, 0.29) is 18.0 Å². The Labute approximate surface area is 129 Å². The van der Waals surface area contributed by atoms with E-state index < -0.39 is 10.0 Å². The van der Waals surface area contributed by atoms with Crippen LogP contribution in [0.15, 0.2) is 40.0 Å². The first-order chi connectivity index (χ1) is 9.42. The monoisotopic (exact) mass is 379 g/mol. The van der Waals surface area contributed by atoms with Gasteiger partial charge in [-0.25, -0.2) is 8.42 Å². The van der Waals surface area contributed by atoms with E-state index in [4.69, 9.17) is 16.7 Å². The van der Waals surface area contributed by atoms with Crippen LogP contribution in [-0.2, 0) is 16.6 Å². The van der Waals surface area contributed by atoms with Gasteiger partial charge in [-0.2, -0.15) is 5.10 Å². The quantitative estimate of drug-likeness (QED) is 0.832. The van der Waals surface area contributed by atoms with Gasteiger partial charge in [-0.05, 0) is 34.1 Å². The first kappa shape index (κ1) is 15.3. The zero-order chi connectivity index (χ0) is 14.8. The first-order valence-electron chi connectivity index (χ1n) is 5.53. The van der Waals surface area contributed by atoms with Gasteiger partial charge >= 0.3 is 0 Å². The van der Waals surface area contributed by atoms with E-state index in [1.54, 1.807) is 18.2 Å². The minimum absolute atomic E-state index is 0.0211. The van der Waals surface area contributed by atoms with Gasteiger partial charge in [0.1, 0.15) is 4.90 Å². The molecule has 2 N–H and O–H groups in total. The molecule has 1 aromatic carbocycles. The molecule has 0 aliphatic rings. The third-order valence-corrected chi connectivity index (χ3v) is 4.64. The Morgan fingerprint density at radius 3 is 2.85 bits per heavy atom. The molecule has 0 spiro atoms. The van der Waals surface area contributed by atoms with Crippen LogP contribution in [0, 0.1) is 0 Å². The molecule has 1 heterocycles. The van der Waals surface area contributed by atoms with Gasteiger partial charge in [-0.1, -0.05) is 11.6 Å². The van der Waals surface area contributed by atoms with Crippen LogP contribution in [0.4, 0.5) is 5.69 Å². The average molecular weight is 381 g/mol. The summed E-state index contributed by atoms with van der Waals surface area (Å²) in [5.74, 6) is 0. The maximum Gasteiger partial charge on any atom is 0.265 e. The number of sulfonamides is 1. The first-order valence-corrected chi connectivity index (χ1v) is 8.19. The van der Waals surface area contributed by atoms with Crippen LogP contribution < -0.4 is 4.72 Å². The van der Waals surface area contributed by atoms with Crippen molar-refractivity contribution in [3.8, 4) is 0 Å². The van der Waals surface area contributed by atoms with Gasteiger partial charge in [0.05, 0.1) is 25.0 Å². The number of aliphatic hydroxyl groups is 1. The predicted octanol–water partition coefficient (Wildman–Crippen LogP) is 2.09. The Morgan fingerprint density at radius 1 is 1.45 bits per heavy atom. The predicted molar refractivity (Wildman–Crippen MR) is 79.3 cm³/mol. The number of hydrogen-bond donors (Lipinski definition) is 2. The molecule has 9 heteroatoms. The van der Waals surface area contributed by atoms with Crippen molar-refractivity contribution >= 4 is 43.2 Å². The second-order valence-corrected chi connectivity index (χ2v) is 6.87. The summed E-state index contributed by atoms with van der Waals surface area (Å²) >= 11 is 9.04. The maximum atomic E-state index is 12.2. The summed E-state index contributed by atoms with van der Waals surface area (Å²) in [6.45, 7) is 0.123. The van der Waals surface area contributed by atoms with Crippen molar-refractivity contribution in [2.75, 3.05) is 11.3 Å². The number of benzene rings is 1. The van der Waals surface area contributed by atoms with E-state index in [1.807, 2.05) is 0 Å². The molecule has 0 fully saturated rings. The Kier molecular flexibility index (Phi) is 4.69. The summed E-state index contributed by atoms with van der Waals surface area (Å²) in [5.41, 5.74) is 0.379. The molecule has 0 atom stereocenters. The third-order valence-electron chi connectivity index (χ3n) is 2.42. The lowest BCUT2D eigenvalue weighted by molar-refractivity contribution is 0.269. The van der Waals surface area contributed by atoms with Crippen molar-refractivity contribution in [2.24, 2.45) is 0 Å². The lowest BCUT2D eigenvalue weighted by Gasteiger charge is -2.08. The standard InChI is InChI=1S/C11H11BrClN3O3S/c12-10-5-8(13)1-2-11(10)15-20(18,19)9-6-14-16(7-9)3-4-17/h1-2,5-7,15,17H,3-4H2. The zero-order valence-corrected chi connectivity index (χ0v) is 13.3. The van der Waals surface area contributed by atoms with E-state index in [0.29, 0.717) is 15.2 Å². The summed E-state index contributed by atoms with van der Waals surface area (Å²) in [5, 5.41) is 13.1. The molecular formula is C11H11BrClN3O3S. The van der Waals surface area contributed by atoms with Crippen molar-refractivity contribution in [1.82, 2.24) is 9.78 Å². The topological polar surface area (TPSA) is 84.2 Å². The van der Waals surface area contributed by atoms with Gasteiger partial charge < -0.3 is 5.11 Å². The molecule has 2 aromatic rings. The highest BCUT2D eigenvalue weighted by Gasteiger charge is 2.17. The average Bonchev–Trinajstić information content (AvgIpc) is 2.83. The highest BCUT2D eigenvalue weighted by molar-refractivity contribution is 9.10. The molecule has 2 rings (SSSR count). The minimum Gasteiger partial charge on any atom is -0.394 e. The van der Waals surface area contributed by atoms with Crippen LogP contribution in [-0.4, -0.2) is 29.9 Å². The molecule has 0 saturated carbocycles. The number of anilines is 1. The number of aliphatic hydroxyl groups excluding tert-OH is 1. The SMILES string of the molecule is O=S(=O)(Nc1ccc(Cl)cc1Br)c1cnn(CCO)c1. The summed E-state index contributed by atoms with van der Waals surface area (Å²) in [7, 11) is -3.73. The van der Waals surface area contributed by atoms with Crippen LogP contribution >= 0.6 is 27.5 Å². The van der Waals surface area contributed by atoms with E-state index in [2.05, 4.69) is 25.8 Å². The van der Waals surface area contributed by atoms with Crippen molar-refractivity contribution in [2.45, 2.75) is 11.4 Å². The lowest BCUT2D eigenvalue weighted by Crippen LogP contribution is -2.12. The normalized spacial score (nSPS) is 11.6. The molecule has 0 radical (unpaired) electrons. The molecule has 0 saturated heterocycles. The minimum atomic E-state index is -3.73. The van der Waals surface area contributed by atoms with Crippen molar-refractivity contribution in [1.29, 1.82) is 0 Å². The van der Waals surface area contributed by atoms with Gasteiger partial charge in [0, 0.05) is 15.7 Å². The highest BCUT2D eigenvalue weighted by atomic mass is 79.9. The Bertz CT molecular complexity index is 717. The highest BCUT2D eigenvalue weighted by Crippen LogP contribution is 2.27. The van der Waals surface area contributed by atoms with Gasteiger partial charge in [0.25, 0.3) is 10.0 Å². The fourth-order valence-corrected chi connectivity index (χ4v) is 3.43.